The van der Waals surface area contributed by atoms with Crippen LogP contribution in [0.1, 0.15) is 5.56 Å². The Morgan fingerprint density at radius 2 is 2.08 bits per heavy atom. The number of aromatic nitrogens is 1. The van der Waals surface area contributed by atoms with Crippen LogP contribution in [0.3, 0.4) is 0 Å². The lowest BCUT2D eigenvalue weighted by Crippen LogP contribution is -2.05. The summed E-state index contributed by atoms with van der Waals surface area (Å²) in [6, 6.07) is 9.16. The Morgan fingerprint density at radius 3 is 2.85 bits per heavy atom. The van der Waals surface area contributed by atoms with Gasteiger partial charge in [-0.25, -0.2) is 0 Å². The maximum atomic E-state index is 11.1. The monoisotopic (exact) mass is 193 g/mol. The fraction of sp³-hybridized carbons (Fsp3) is 0.100. The highest BCUT2D eigenvalue weighted by molar-refractivity contribution is 6.17. The van der Waals surface area contributed by atoms with Crippen molar-refractivity contribution >= 4 is 22.5 Å². The first-order valence-electron chi connectivity index (χ1n) is 3.98. The summed E-state index contributed by atoms with van der Waals surface area (Å²) in [5, 5.41) is 1.01. The highest BCUT2D eigenvalue weighted by Gasteiger charge is 2.00. The number of halogens is 1. The van der Waals surface area contributed by atoms with Gasteiger partial charge in [0, 0.05) is 22.8 Å². The third-order valence-electron chi connectivity index (χ3n) is 1.98. The number of para-hydroxylation sites is 1. The molecule has 0 fully saturated rings. The lowest BCUT2D eigenvalue weighted by atomic mass is 10.1. The molecule has 3 heteroatoms. The lowest BCUT2D eigenvalue weighted by Gasteiger charge is -2.01. The molecule has 0 saturated carbocycles. The Balaban J connectivity index is 2.89. The number of nitrogens with one attached hydrogen (secondary N) is 1. The molecule has 1 N–H and O–H groups in total. The maximum Gasteiger partial charge on any atom is 0.248 e. The van der Waals surface area contributed by atoms with Gasteiger partial charge in [-0.15, -0.1) is 11.6 Å². The van der Waals surface area contributed by atoms with Gasteiger partial charge < -0.3 is 4.98 Å². The van der Waals surface area contributed by atoms with E-state index in [9.17, 15) is 4.79 Å². The minimum Gasteiger partial charge on any atom is -0.322 e. The number of H-pyrrole nitrogens is 1. The summed E-state index contributed by atoms with van der Waals surface area (Å²) in [5.41, 5.74) is 1.61. The molecule has 1 aromatic carbocycles. The van der Waals surface area contributed by atoms with Crippen molar-refractivity contribution in [2.24, 2.45) is 0 Å². The smallest absolute Gasteiger partial charge is 0.248 e. The van der Waals surface area contributed by atoms with E-state index in [1.54, 1.807) is 0 Å². The van der Waals surface area contributed by atoms with Crippen LogP contribution in [0.15, 0.2) is 35.1 Å². The summed E-state index contributed by atoms with van der Waals surface area (Å²) in [6.45, 7) is 0. The Kier molecular flexibility index (Phi) is 2.07. The molecule has 0 bridgehead atoms. The molecule has 1 aromatic heterocycles. The zero-order chi connectivity index (χ0) is 9.26. The van der Waals surface area contributed by atoms with E-state index < -0.39 is 0 Å². The molecule has 2 rings (SSSR count). The van der Waals surface area contributed by atoms with Crippen molar-refractivity contribution in [2.75, 3.05) is 0 Å². The summed E-state index contributed by atoms with van der Waals surface area (Å²) in [5.74, 6) is 0.366. The first-order chi connectivity index (χ1) is 6.31. The molecule has 0 aliphatic heterocycles. The van der Waals surface area contributed by atoms with Gasteiger partial charge in [-0.1, -0.05) is 18.2 Å². The van der Waals surface area contributed by atoms with Crippen molar-refractivity contribution in [3.05, 3.63) is 46.2 Å². The summed E-state index contributed by atoms with van der Waals surface area (Å²) in [4.78, 5) is 13.9. The quantitative estimate of drug-likeness (QED) is 0.693. The molecule has 2 aromatic rings. The second-order valence-corrected chi connectivity index (χ2v) is 3.11. The predicted molar refractivity (Wildman–Crippen MR) is 54.1 cm³/mol. The van der Waals surface area contributed by atoms with Crippen LogP contribution in [0, 0.1) is 0 Å². The largest absolute Gasteiger partial charge is 0.322 e. The number of benzene rings is 1. The van der Waals surface area contributed by atoms with Gasteiger partial charge in [0.15, 0.2) is 0 Å². The van der Waals surface area contributed by atoms with E-state index in [-0.39, 0.29) is 5.56 Å². The Bertz CT molecular complexity index is 489. The average Bonchev–Trinajstić information content (AvgIpc) is 2.16. The van der Waals surface area contributed by atoms with Crippen LogP contribution in [0.2, 0.25) is 0 Å². The number of hydrogen-bond donors (Lipinski definition) is 1. The van der Waals surface area contributed by atoms with Crippen LogP contribution in [0.5, 0.6) is 0 Å². The van der Waals surface area contributed by atoms with Crippen molar-refractivity contribution < 1.29 is 0 Å². The third-order valence-corrected chi connectivity index (χ3v) is 2.27. The molecule has 13 heavy (non-hydrogen) atoms. The van der Waals surface area contributed by atoms with Crippen LogP contribution >= 0.6 is 11.6 Å². The van der Waals surface area contributed by atoms with Crippen LogP contribution in [-0.2, 0) is 5.88 Å². The minimum atomic E-state index is -0.102. The molecule has 0 aliphatic carbocycles. The van der Waals surface area contributed by atoms with Crippen molar-refractivity contribution in [3.8, 4) is 0 Å². The van der Waals surface area contributed by atoms with Crippen molar-refractivity contribution in [1.29, 1.82) is 0 Å². The molecule has 0 radical (unpaired) electrons. The van der Waals surface area contributed by atoms with E-state index in [1.807, 2.05) is 24.3 Å². The second-order valence-electron chi connectivity index (χ2n) is 2.84. The van der Waals surface area contributed by atoms with E-state index in [0.29, 0.717) is 5.88 Å². The number of fused-ring (bicyclic) bond motifs is 1. The van der Waals surface area contributed by atoms with E-state index >= 15 is 0 Å². The van der Waals surface area contributed by atoms with E-state index in [0.717, 1.165) is 16.5 Å². The summed E-state index contributed by atoms with van der Waals surface area (Å²) in [7, 11) is 0. The van der Waals surface area contributed by atoms with Gasteiger partial charge in [0.2, 0.25) is 5.56 Å². The van der Waals surface area contributed by atoms with Crippen molar-refractivity contribution in [3.63, 3.8) is 0 Å². The lowest BCUT2D eigenvalue weighted by molar-refractivity contribution is 1.26. The van der Waals surface area contributed by atoms with Crippen molar-refractivity contribution in [2.45, 2.75) is 5.88 Å². The number of hydrogen-bond acceptors (Lipinski definition) is 1. The van der Waals surface area contributed by atoms with Crippen LogP contribution < -0.4 is 5.56 Å². The van der Waals surface area contributed by atoms with Gasteiger partial charge in [0.1, 0.15) is 0 Å². The molecule has 0 saturated heterocycles. The van der Waals surface area contributed by atoms with Crippen LogP contribution in [-0.4, -0.2) is 4.98 Å². The third kappa shape index (κ3) is 1.45. The van der Waals surface area contributed by atoms with E-state index in [4.69, 9.17) is 11.6 Å². The maximum absolute atomic E-state index is 11.1. The van der Waals surface area contributed by atoms with Crippen LogP contribution in [0.4, 0.5) is 0 Å². The van der Waals surface area contributed by atoms with Gasteiger partial charge >= 0.3 is 0 Å². The standard InChI is InChI=1S/C10H8ClNO/c11-6-7-5-10(13)12-9-4-2-1-3-8(7)9/h1-5H,6H2,(H,12,13). The van der Waals surface area contributed by atoms with Crippen molar-refractivity contribution in [1.82, 2.24) is 4.98 Å². The number of rotatable bonds is 1. The van der Waals surface area contributed by atoms with Gasteiger partial charge in [-0.05, 0) is 11.6 Å². The molecule has 0 amide bonds. The summed E-state index contributed by atoms with van der Waals surface area (Å²) < 4.78 is 0. The second kappa shape index (κ2) is 3.23. The topological polar surface area (TPSA) is 32.9 Å². The summed E-state index contributed by atoms with van der Waals surface area (Å²) >= 11 is 5.73. The zero-order valence-corrected chi connectivity index (χ0v) is 7.64. The summed E-state index contributed by atoms with van der Waals surface area (Å²) in [6.07, 6.45) is 0. The predicted octanol–water partition coefficient (Wildman–Crippen LogP) is 2.27. The fourth-order valence-electron chi connectivity index (χ4n) is 1.39. The fourth-order valence-corrected chi connectivity index (χ4v) is 1.61. The molecular formula is C10H8ClNO. The van der Waals surface area contributed by atoms with Gasteiger partial charge in [-0.2, -0.15) is 0 Å². The number of aromatic amines is 1. The molecule has 1 heterocycles. The van der Waals surface area contributed by atoms with E-state index in [2.05, 4.69) is 4.98 Å². The SMILES string of the molecule is O=c1cc(CCl)c2ccccc2[nH]1. The average molecular weight is 194 g/mol. The highest BCUT2D eigenvalue weighted by atomic mass is 35.5. The highest BCUT2D eigenvalue weighted by Crippen LogP contribution is 2.15. The van der Waals surface area contributed by atoms with Gasteiger partial charge in [0.05, 0.1) is 0 Å². The first-order valence-corrected chi connectivity index (χ1v) is 4.51. The molecule has 0 aliphatic rings. The normalized spacial score (nSPS) is 10.5. The molecule has 0 atom stereocenters. The van der Waals surface area contributed by atoms with Gasteiger partial charge in [0.25, 0.3) is 0 Å². The molecular weight excluding hydrogens is 186 g/mol. The molecule has 66 valence electrons. The Morgan fingerprint density at radius 1 is 1.31 bits per heavy atom. The first kappa shape index (κ1) is 8.32. The van der Waals surface area contributed by atoms with Crippen LogP contribution in [0.25, 0.3) is 10.9 Å². The Labute approximate surface area is 80.2 Å². The zero-order valence-electron chi connectivity index (χ0n) is 6.88. The minimum absolute atomic E-state index is 0.102. The molecule has 0 spiro atoms. The van der Waals surface area contributed by atoms with E-state index in [1.165, 1.54) is 6.07 Å². The molecule has 0 unspecified atom stereocenters. The number of pyridine rings is 1. The number of alkyl halides is 1. The Hall–Kier alpha value is -1.28. The van der Waals surface area contributed by atoms with Gasteiger partial charge in [-0.3, -0.25) is 4.79 Å². The molecule has 2 nitrogen and oxygen atoms in total.